The van der Waals surface area contributed by atoms with Crippen LogP contribution < -0.4 is 14.9 Å². The summed E-state index contributed by atoms with van der Waals surface area (Å²) in [6, 6.07) is 17.9. The molecule has 2 saturated carbocycles. The Morgan fingerprint density at radius 2 is 1.78 bits per heavy atom. The summed E-state index contributed by atoms with van der Waals surface area (Å²) in [5.41, 5.74) is 1.46. The van der Waals surface area contributed by atoms with Gasteiger partial charge in [0.05, 0.1) is 16.9 Å². The summed E-state index contributed by atoms with van der Waals surface area (Å²) in [7, 11) is 0. The number of likely N-dealkylation sites (tertiary alicyclic amines) is 1. The van der Waals surface area contributed by atoms with Crippen LogP contribution in [0.15, 0.2) is 75.0 Å². The average molecular weight is 763 g/mol. The number of amides is 3. The summed E-state index contributed by atoms with van der Waals surface area (Å²) >= 11 is 6.30. The Bertz CT molecular complexity index is 2110. The molecule has 3 heterocycles. The van der Waals surface area contributed by atoms with E-state index >= 15 is 0 Å². The third kappa shape index (κ3) is 5.15. The van der Waals surface area contributed by atoms with Gasteiger partial charge in [0.1, 0.15) is 11.8 Å². The van der Waals surface area contributed by atoms with Crippen molar-refractivity contribution in [2.75, 3.05) is 11.9 Å². The fourth-order valence-corrected chi connectivity index (χ4v) is 12.2. The van der Waals surface area contributed by atoms with Gasteiger partial charge in [-0.25, -0.2) is 4.79 Å². The number of aromatic nitrogens is 1. The highest BCUT2D eigenvalue weighted by Crippen LogP contribution is 2.69. The van der Waals surface area contributed by atoms with Crippen molar-refractivity contribution in [3.8, 4) is 5.75 Å². The van der Waals surface area contributed by atoms with E-state index in [0.717, 1.165) is 46.9 Å². The lowest BCUT2D eigenvalue weighted by molar-refractivity contribution is -0.157. The SMILES string of the molecule is CC(C)C(C(=O)O)N1C(=O)C2C3CC(C2C1=O)C1C3Sc2[nH]c(=O)sc2[C@@H]1c1cc(Br)ccc1OCC(=O)Nc1cccc2ccccc12. The molecule has 8 rings (SSSR count). The number of carbonyl (C=O) groups excluding carboxylic acids is 3. The molecule has 13 heteroatoms. The van der Waals surface area contributed by atoms with E-state index in [1.54, 1.807) is 31.7 Å². The van der Waals surface area contributed by atoms with Crippen LogP contribution >= 0.6 is 39.0 Å². The summed E-state index contributed by atoms with van der Waals surface area (Å²) in [5.74, 6) is -4.33. The van der Waals surface area contributed by atoms with Crippen LogP contribution in [0.5, 0.6) is 5.75 Å². The summed E-state index contributed by atoms with van der Waals surface area (Å²) in [6.07, 6.45) is 0.662. The minimum Gasteiger partial charge on any atom is -0.483 e. The highest BCUT2D eigenvalue weighted by atomic mass is 79.9. The lowest BCUT2D eigenvalue weighted by Gasteiger charge is -2.43. The first-order valence-corrected chi connectivity index (χ1v) is 18.7. The number of nitrogens with one attached hydrogen (secondary N) is 2. The number of thioether (sulfide) groups is 1. The Morgan fingerprint density at radius 3 is 2.53 bits per heavy atom. The first-order chi connectivity index (χ1) is 23.5. The van der Waals surface area contributed by atoms with Crippen molar-refractivity contribution in [2.45, 2.75) is 42.5 Å². The van der Waals surface area contributed by atoms with Crippen molar-refractivity contribution in [3.05, 3.63) is 85.2 Å². The molecule has 10 nitrogen and oxygen atoms in total. The molecule has 2 aliphatic carbocycles. The topological polar surface area (TPSA) is 146 Å². The van der Waals surface area contributed by atoms with Gasteiger partial charge in [-0.2, -0.15) is 0 Å². The number of carboxylic acid groups (broad SMARTS) is 1. The number of nitrogens with zero attached hydrogens (tertiary/aromatic N) is 1. The molecule has 7 unspecified atom stereocenters. The van der Waals surface area contributed by atoms with Crippen LogP contribution in [-0.4, -0.2) is 56.6 Å². The molecule has 3 fully saturated rings. The zero-order chi connectivity index (χ0) is 34.3. The van der Waals surface area contributed by atoms with Crippen molar-refractivity contribution >= 4 is 79.2 Å². The second-order valence-corrected chi connectivity index (χ2v) is 16.7. The molecule has 2 aliphatic heterocycles. The molecular weight excluding hydrogens is 730 g/mol. The van der Waals surface area contributed by atoms with Crippen molar-refractivity contribution in [1.29, 1.82) is 0 Å². The van der Waals surface area contributed by atoms with Gasteiger partial charge in [-0.15, -0.1) is 11.8 Å². The zero-order valence-corrected chi connectivity index (χ0v) is 29.6. The second kappa shape index (κ2) is 12.1. The maximum atomic E-state index is 14.0. The summed E-state index contributed by atoms with van der Waals surface area (Å²) in [4.78, 5) is 70.9. The Balaban J connectivity index is 1.13. The summed E-state index contributed by atoms with van der Waals surface area (Å²) in [5, 5.41) is 15.6. The van der Waals surface area contributed by atoms with Crippen molar-refractivity contribution < 1.29 is 29.0 Å². The number of H-pyrrole nitrogens is 1. The van der Waals surface area contributed by atoms with E-state index in [0.29, 0.717) is 17.9 Å². The molecule has 2 bridgehead atoms. The minimum atomic E-state index is -1.22. The number of anilines is 1. The Labute approximate surface area is 297 Å². The van der Waals surface area contributed by atoms with Crippen LogP contribution in [-0.2, 0) is 19.2 Å². The Kier molecular flexibility index (Phi) is 7.99. The highest BCUT2D eigenvalue weighted by molar-refractivity contribution is 9.10. The van der Waals surface area contributed by atoms with E-state index in [4.69, 9.17) is 4.74 Å². The predicted octanol–water partition coefficient (Wildman–Crippen LogP) is 5.95. The lowest BCUT2D eigenvalue weighted by atomic mass is 9.68. The standard InChI is InChI=1S/C36H32BrN3O7S2/c1-15(2)29(35(44)45)40-33(42)27-20-13-21(28(27)34(40)43)30-26(20)25(31-32(48-30)39-36(46)49-31)19-12-17(37)10-11-23(19)47-14-24(41)38-22-9-5-7-16-6-3-4-8-18(16)22/h3-12,15,20-21,25-30H,13-14H2,1-2H3,(H,38,41)(H,39,46)(H,44,45)/t20?,21?,25-,26?,27?,28?,29?,30?/m1/s1. The number of halogens is 1. The number of aromatic amines is 1. The van der Waals surface area contributed by atoms with Gasteiger partial charge >= 0.3 is 10.8 Å². The van der Waals surface area contributed by atoms with Crippen molar-refractivity contribution in [3.63, 3.8) is 0 Å². The number of aliphatic carboxylic acids is 1. The number of ether oxygens (including phenoxy) is 1. The summed E-state index contributed by atoms with van der Waals surface area (Å²) < 4.78 is 7.04. The van der Waals surface area contributed by atoms with Gasteiger partial charge in [0, 0.05) is 37.2 Å². The molecule has 4 aliphatic rings. The third-order valence-corrected chi connectivity index (χ3v) is 13.7. The van der Waals surface area contributed by atoms with E-state index in [1.807, 2.05) is 54.6 Å². The number of fused-ring (bicyclic) bond motifs is 10. The number of rotatable bonds is 8. The fraction of sp³-hybridized carbons (Fsp3) is 0.361. The first-order valence-electron chi connectivity index (χ1n) is 16.2. The molecule has 3 aromatic carbocycles. The number of hydrogen-bond acceptors (Lipinski definition) is 8. The van der Waals surface area contributed by atoms with Gasteiger partial charge in [0.2, 0.25) is 11.8 Å². The maximum Gasteiger partial charge on any atom is 0.327 e. The monoisotopic (exact) mass is 761 g/mol. The normalized spacial score (nSPS) is 27.3. The van der Waals surface area contributed by atoms with E-state index < -0.39 is 41.6 Å². The van der Waals surface area contributed by atoms with Crippen LogP contribution in [0.1, 0.15) is 36.6 Å². The molecule has 3 amide bonds. The highest BCUT2D eigenvalue weighted by Gasteiger charge is 2.70. The van der Waals surface area contributed by atoms with Crippen LogP contribution in [0, 0.1) is 35.5 Å². The van der Waals surface area contributed by atoms with Crippen LogP contribution in [0.3, 0.4) is 0 Å². The van der Waals surface area contributed by atoms with E-state index in [1.165, 1.54) is 0 Å². The molecule has 0 radical (unpaired) electrons. The van der Waals surface area contributed by atoms with Gasteiger partial charge < -0.3 is 20.1 Å². The molecule has 4 aromatic rings. The van der Waals surface area contributed by atoms with E-state index in [2.05, 4.69) is 26.2 Å². The number of carbonyl (C=O) groups is 4. The molecule has 49 heavy (non-hydrogen) atoms. The van der Waals surface area contributed by atoms with E-state index in [-0.39, 0.29) is 46.3 Å². The molecule has 1 saturated heterocycles. The maximum absolute atomic E-state index is 14.0. The fourth-order valence-electron chi connectivity index (χ4n) is 8.91. The molecule has 252 valence electrons. The average Bonchev–Trinajstić information content (AvgIpc) is 3.80. The molecule has 8 atom stereocenters. The Hall–Kier alpha value is -3.94. The molecular formula is C36H32BrN3O7S2. The number of thiazole rings is 1. The van der Waals surface area contributed by atoms with Crippen LogP contribution in [0.2, 0.25) is 0 Å². The van der Waals surface area contributed by atoms with Gasteiger partial charge in [-0.1, -0.05) is 77.5 Å². The predicted molar refractivity (Wildman–Crippen MR) is 189 cm³/mol. The van der Waals surface area contributed by atoms with Gasteiger partial charge in [-0.3, -0.25) is 24.1 Å². The zero-order valence-electron chi connectivity index (χ0n) is 26.4. The molecule has 3 N–H and O–H groups in total. The van der Waals surface area contributed by atoms with Crippen LogP contribution in [0.25, 0.3) is 10.8 Å². The summed E-state index contributed by atoms with van der Waals surface area (Å²) in [6.45, 7) is 3.16. The number of carboxylic acids is 1. The molecule has 1 aromatic heterocycles. The van der Waals surface area contributed by atoms with Gasteiger partial charge in [0.15, 0.2) is 6.61 Å². The van der Waals surface area contributed by atoms with Crippen molar-refractivity contribution in [1.82, 2.24) is 9.88 Å². The first kappa shape index (κ1) is 32.3. The second-order valence-electron chi connectivity index (χ2n) is 13.6. The van der Waals surface area contributed by atoms with Crippen molar-refractivity contribution in [2.24, 2.45) is 35.5 Å². The number of benzene rings is 3. The number of hydrogen-bond donors (Lipinski definition) is 3. The minimum absolute atomic E-state index is 0.0884. The molecule has 0 spiro atoms. The quantitative estimate of drug-likeness (QED) is 0.187. The smallest absolute Gasteiger partial charge is 0.327 e. The number of imide groups is 1. The third-order valence-electron chi connectivity index (χ3n) is 10.7. The van der Waals surface area contributed by atoms with Crippen LogP contribution in [0.4, 0.5) is 5.69 Å². The lowest BCUT2D eigenvalue weighted by Crippen LogP contribution is -2.49. The van der Waals surface area contributed by atoms with E-state index in [9.17, 15) is 29.1 Å². The largest absolute Gasteiger partial charge is 0.483 e. The Morgan fingerprint density at radius 1 is 1.04 bits per heavy atom. The van der Waals surface area contributed by atoms with Gasteiger partial charge in [0.25, 0.3) is 5.91 Å². The van der Waals surface area contributed by atoms with Gasteiger partial charge in [-0.05, 0) is 59.7 Å².